The zero-order valence-corrected chi connectivity index (χ0v) is 15.6. The van der Waals surface area contributed by atoms with Gasteiger partial charge in [-0.2, -0.15) is 0 Å². The van der Waals surface area contributed by atoms with Gasteiger partial charge in [0.2, 0.25) is 0 Å². The maximum atomic E-state index is 12.5. The third-order valence-electron chi connectivity index (χ3n) is 6.17. The molecule has 0 saturated carbocycles. The number of ether oxygens (including phenoxy) is 3. The Labute approximate surface area is 154 Å². The number of furan rings is 1. The molecule has 0 aliphatic carbocycles. The second kappa shape index (κ2) is 7.71. The minimum atomic E-state index is -0.168. The zero-order chi connectivity index (χ0) is 18.0. The van der Waals surface area contributed by atoms with E-state index in [0.29, 0.717) is 30.7 Å². The Kier molecular flexibility index (Phi) is 5.34. The molecule has 6 nitrogen and oxygen atoms in total. The molecule has 0 N–H and O–H groups in total. The lowest BCUT2D eigenvalue weighted by molar-refractivity contribution is -0.121. The van der Waals surface area contributed by atoms with Gasteiger partial charge in [-0.3, -0.25) is 4.79 Å². The van der Waals surface area contributed by atoms with Crippen LogP contribution in [0.5, 0.6) is 0 Å². The van der Waals surface area contributed by atoms with E-state index in [2.05, 4.69) is 0 Å². The summed E-state index contributed by atoms with van der Waals surface area (Å²) in [6, 6.07) is 1.83. The van der Waals surface area contributed by atoms with Crippen molar-refractivity contribution in [3.05, 3.63) is 23.7 Å². The molecule has 1 aromatic heterocycles. The summed E-state index contributed by atoms with van der Waals surface area (Å²) < 4.78 is 22.7. The Hall–Kier alpha value is -1.37. The predicted octanol–water partition coefficient (Wildman–Crippen LogP) is 2.65. The summed E-state index contributed by atoms with van der Waals surface area (Å²) in [7, 11) is 0. The Morgan fingerprint density at radius 1 is 1.27 bits per heavy atom. The molecule has 1 spiro atoms. The molecule has 4 rings (SSSR count). The van der Waals surface area contributed by atoms with E-state index in [4.69, 9.17) is 18.6 Å². The van der Waals surface area contributed by atoms with Crippen molar-refractivity contribution in [3.8, 4) is 0 Å². The van der Waals surface area contributed by atoms with E-state index < -0.39 is 0 Å². The van der Waals surface area contributed by atoms with Crippen LogP contribution < -0.4 is 0 Å². The molecule has 4 heterocycles. The highest BCUT2D eigenvalue weighted by atomic mass is 16.5. The van der Waals surface area contributed by atoms with Gasteiger partial charge in [0.15, 0.2) is 5.76 Å². The predicted molar refractivity (Wildman–Crippen MR) is 95.1 cm³/mol. The van der Waals surface area contributed by atoms with E-state index in [-0.39, 0.29) is 11.5 Å². The summed E-state index contributed by atoms with van der Waals surface area (Å²) in [5.41, 5.74) is 0.722. The molecule has 144 valence electrons. The van der Waals surface area contributed by atoms with Gasteiger partial charge in [-0.1, -0.05) is 0 Å². The number of aryl methyl sites for hydroxylation is 1. The summed E-state index contributed by atoms with van der Waals surface area (Å²) in [5.74, 6) is 1.54. The molecule has 1 aromatic rings. The van der Waals surface area contributed by atoms with E-state index in [1.54, 1.807) is 6.26 Å². The molecule has 0 bridgehead atoms. The average molecular weight is 363 g/mol. The van der Waals surface area contributed by atoms with Crippen LogP contribution in [0.1, 0.15) is 41.8 Å². The van der Waals surface area contributed by atoms with E-state index >= 15 is 0 Å². The van der Waals surface area contributed by atoms with Gasteiger partial charge in [0.05, 0.1) is 19.4 Å². The fourth-order valence-corrected chi connectivity index (χ4v) is 4.41. The van der Waals surface area contributed by atoms with Crippen molar-refractivity contribution in [2.24, 2.45) is 11.8 Å². The topological polar surface area (TPSA) is 61.1 Å². The van der Waals surface area contributed by atoms with Gasteiger partial charge in [0.25, 0.3) is 5.91 Å². The first kappa shape index (κ1) is 18.0. The van der Waals surface area contributed by atoms with Crippen LogP contribution in [0, 0.1) is 18.8 Å². The lowest BCUT2D eigenvalue weighted by Crippen LogP contribution is -2.66. The van der Waals surface area contributed by atoms with Crippen molar-refractivity contribution < 1.29 is 23.4 Å². The fourth-order valence-electron chi connectivity index (χ4n) is 4.41. The average Bonchev–Trinajstić information content (AvgIpc) is 3.24. The summed E-state index contributed by atoms with van der Waals surface area (Å²) >= 11 is 0. The van der Waals surface area contributed by atoms with Gasteiger partial charge < -0.3 is 23.5 Å². The highest BCUT2D eigenvalue weighted by molar-refractivity contribution is 5.93. The Bertz CT molecular complexity index is 615. The van der Waals surface area contributed by atoms with Gasteiger partial charge in [-0.15, -0.1) is 0 Å². The number of amides is 1. The van der Waals surface area contributed by atoms with Crippen LogP contribution >= 0.6 is 0 Å². The highest BCUT2D eigenvalue weighted by Crippen LogP contribution is 2.42. The molecule has 3 aliphatic rings. The highest BCUT2D eigenvalue weighted by Gasteiger charge is 2.54. The maximum Gasteiger partial charge on any atom is 0.290 e. The molecule has 3 saturated heterocycles. The number of rotatable bonds is 6. The monoisotopic (exact) mass is 363 g/mol. The van der Waals surface area contributed by atoms with Crippen LogP contribution in [0.2, 0.25) is 0 Å². The SMILES string of the molecule is Cc1ccoc1C(=O)N1CC2(C1)OCC[C@H]2CCOCC1CCOCC1. The number of carbonyl (C=O) groups excluding carboxylic acids is 1. The summed E-state index contributed by atoms with van der Waals surface area (Å²) in [6.07, 6.45) is 5.86. The molecule has 0 radical (unpaired) electrons. The van der Waals surface area contributed by atoms with Gasteiger partial charge in [0.1, 0.15) is 5.60 Å². The van der Waals surface area contributed by atoms with E-state index in [9.17, 15) is 4.79 Å². The number of hydrogen-bond donors (Lipinski definition) is 0. The largest absolute Gasteiger partial charge is 0.459 e. The number of hydrogen-bond acceptors (Lipinski definition) is 5. The molecule has 3 aliphatic heterocycles. The normalized spacial score (nSPS) is 25.6. The standard InChI is InChI=1S/C20H29NO5/c1-15-2-10-25-18(15)19(22)21-13-20(14-21)17(6-11-26-20)5-9-24-12-16-3-7-23-8-4-16/h2,10,16-17H,3-9,11-14H2,1H3/t17-/m1/s1. The van der Waals surface area contributed by atoms with Crippen LogP contribution in [0.3, 0.4) is 0 Å². The van der Waals surface area contributed by atoms with Crippen molar-refractivity contribution >= 4 is 5.91 Å². The van der Waals surface area contributed by atoms with Gasteiger partial charge in [0, 0.05) is 38.6 Å². The minimum absolute atomic E-state index is 0.0249. The smallest absolute Gasteiger partial charge is 0.290 e. The molecular formula is C20H29NO5. The maximum absolute atomic E-state index is 12.5. The zero-order valence-electron chi connectivity index (χ0n) is 15.6. The Morgan fingerprint density at radius 3 is 2.81 bits per heavy atom. The second-order valence-electron chi connectivity index (χ2n) is 7.91. The first-order valence-electron chi connectivity index (χ1n) is 9.81. The first-order chi connectivity index (χ1) is 12.7. The van der Waals surface area contributed by atoms with E-state index in [1.165, 1.54) is 0 Å². The van der Waals surface area contributed by atoms with Crippen LogP contribution in [0.15, 0.2) is 16.7 Å². The van der Waals surface area contributed by atoms with Crippen molar-refractivity contribution in [2.45, 2.75) is 38.2 Å². The summed E-state index contributed by atoms with van der Waals surface area (Å²) in [5, 5.41) is 0. The van der Waals surface area contributed by atoms with E-state index in [0.717, 1.165) is 64.3 Å². The fraction of sp³-hybridized carbons (Fsp3) is 0.750. The van der Waals surface area contributed by atoms with Crippen LogP contribution in [-0.2, 0) is 14.2 Å². The van der Waals surface area contributed by atoms with Gasteiger partial charge in [-0.05, 0) is 50.5 Å². The third-order valence-corrected chi connectivity index (χ3v) is 6.17. The molecule has 3 fully saturated rings. The van der Waals surface area contributed by atoms with E-state index in [1.807, 2.05) is 17.9 Å². The quantitative estimate of drug-likeness (QED) is 0.727. The first-order valence-corrected chi connectivity index (χ1v) is 9.81. The van der Waals surface area contributed by atoms with Crippen molar-refractivity contribution in [3.63, 3.8) is 0 Å². The van der Waals surface area contributed by atoms with Crippen molar-refractivity contribution in [2.75, 3.05) is 46.1 Å². The lowest BCUT2D eigenvalue weighted by Gasteiger charge is -2.50. The second-order valence-corrected chi connectivity index (χ2v) is 7.91. The third kappa shape index (κ3) is 3.55. The van der Waals surface area contributed by atoms with Crippen LogP contribution in [0.25, 0.3) is 0 Å². The number of carbonyl (C=O) groups is 1. The van der Waals surface area contributed by atoms with Crippen molar-refractivity contribution in [1.29, 1.82) is 0 Å². The number of nitrogens with zero attached hydrogens (tertiary/aromatic N) is 1. The van der Waals surface area contributed by atoms with Gasteiger partial charge in [-0.25, -0.2) is 0 Å². The summed E-state index contributed by atoms with van der Waals surface area (Å²) in [6.45, 7) is 7.36. The van der Waals surface area contributed by atoms with Crippen LogP contribution in [-0.4, -0.2) is 62.5 Å². The molecular weight excluding hydrogens is 334 g/mol. The molecule has 0 unspecified atom stereocenters. The van der Waals surface area contributed by atoms with Gasteiger partial charge >= 0.3 is 0 Å². The summed E-state index contributed by atoms with van der Waals surface area (Å²) in [4.78, 5) is 14.4. The molecule has 1 amide bonds. The minimum Gasteiger partial charge on any atom is -0.459 e. The molecule has 6 heteroatoms. The molecule has 26 heavy (non-hydrogen) atoms. The van der Waals surface area contributed by atoms with Crippen LogP contribution in [0.4, 0.5) is 0 Å². The molecule has 1 atom stereocenters. The van der Waals surface area contributed by atoms with Crippen molar-refractivity contribution in [1.82, 2.24) is 4.90 Å². The Balaban J connectivity index is 1.23. The molecule has 0 aromatic carbocycles. The lowest BCUT2D eigenvalue weighted by atomic mass is 9.79. The Morgan fingerprint density at radius 2 is 2.08 bits per heavy atom. The number of likely N-dealkylation sites (tertiary alicyclic amines) is 1.